The molecule has 2 amide bonds. The third kappa shape index (κ3) is 10.2. The van der Waals surface area contributed by atoms with Gasteiger partial charge in [-0.1, -0.05) is 13.2 Å². The predicted octanol–water partition coefficient (Wildman–Crippen LogP) is 2.39. The first-order valence-corrected chi connectivity index (χ1v) is 9.27. The fourth-order valence-corrected chi connectivity index (χ4v) is 2.15. The van der Waals surface area contributed by atoms with E-state index in [9.17, 15) is 14.4 Å². The number of rotatable bonds is 14. The molecular weight excluding hydrogens is 360 g/mol. The molecule has 28 heavy (non-hydrogen) atoms. The summed E-state index contributed by atoms with van der Waals surface area (Å²) in [5.41, 5.74) is 0.458. The van der Waals surface area contributed by atoms with Gasteiger partial charge in [0.25, 0.3) is 0 Å². The van der Waals surface area contributed by atoms with Crippen LogP contribution in [0.4, 0.5) is 0 Å². The molecule has 0 unspecified atom stereocenters. The second-order valence-corrected chi connectivity index (χ2v) is 5.91. The van der Waals surface area contributed by atoms with Gasteiger partial charge >= 0.3 is 5.97 Å². The number of esters is 1. The average molecular weight is 388 g/mol. The summed E-state index contributed by atoms with van der Waals surface area (Å²) in [4.78, 5) is 33.9. The van der Waals surface area contributed by atoms with Crippen molar-refractivity contribution in [2.75, 3.05) is 26.3 Å². The molecule has 0 heterocycles. The second-order valence-electron chi connectivity index (χ2n) is 5.91. The molecule has 2 N–H and O–H groups in total. The summed E-state index contributed by atoms with van der Waals surface area (Å²) < 4.78 is 10.8. The Morgan fingerprint density at radius 1 is 0.821 bits per heavy atom. The molecule has 0 radical (unpaired) electrons. The van der Waals surface area contributed by atoms with Crippen molar-refractivity contribution >= 4 is 17.8 Å². The normalized spacial score (nSPS) is 9.86. The van der Waals surface area contributed by atoms with Crippen molar-refractivity contribution in [2.24, 2.45) is 0 Å². The minimum Gasteiger partial charge on any atom is -0.494 e. The Morgan fingerprint density at radius 2 is 1.36 bits per heavy atom. The fraction of sp³-hybridized carbons (Fsp3) is 0.381. The molecule has 0 aromatic heterocycles. The predicted molar refractivity (Wildman–Crippen MR) is 107 cm³/mol. The van der Waals surface area contributed by atoms with Crippen molar-refractivity contribution < 1.29 is 23.9 Å². The molecular formula is C21H28N2O5. The van der Waals surface area contributed by atoms with Crippen molar-refractivity contribution in [1.29, 1.82) is 0 Å². The lowest BCUT2D eigenvalue weighted by atomic mass is 10.2. The van der Waals surface area contributed by atoms with E-state index in [2.05, 4.69) is 23.8 Å². The standard InChI is InChI=1S/C21H28N2O5/c1-3-19(24)22-13-5-7-15-27-18-11-9-17(10-12-18)21(26)28-16-8-6-14-23-20(25)4-2/h3-4,9-12H,1-2,5-8,13-16H2,(H,22,24)(H,23,25). The quantitative estimate of drug-likeness (QED) is 0.290. The van der Waals surface area contributed by atoms with Crippen LogP contribution in [0, 0.1) is 0 Å². The van der Waals surface area contributed by atoms with Crippen molar-refractivity contribution in [3.8, 4) is 5.75 Å². The summed E-state index contributed by atoms with van der Waals surface area (Å²) in [5.74, 6) is -0.106. The number of hydrogen-bond donors (Lipinski definition) is 2. The van der Waals surface area contributed by atoms with Crippen molar-refractivity contribution in [1.82, 2.24) is 10.6 Å². The van der Waals surface area contributed by atoms with E-state index in [0.717, 1.165) is 19.3 Å². The molecule has 0 atom stereocenters. The molecule has 0 bridgehead atoms. The third-order valence-electron chi connectivity index (χ3n) is 3.70. The van der Waals surface area contributed by atoms with E-state index in [0.29, 0.717) is 44.0 Å². The van der Waals surface area contributed by atoms with Crippen LogP contribution in [0.5, 0.6) is 5.75 Å². The van der Waals surface area contributed by atoms with Gasteiger partial charge in [-0.15, -0.1) is 0 Å². The highest BCUT2D eigenvalue weighted by atomic mass is 16.5. The summed E-state index contributed by atoms with van der Waals surface area (Å²) >= 11 is 0. The summed E-state index contributed by atoms with van der Waals surface area (Å²) in [5, 5.41) is 5.36. The van der Waals surface area contributed by atoms with E-state index in [1.54, 1.807) is 24.3 Å². The maximum Gasteiger partial charge on any atom is 0.338 e. The van der Waals surface area contributed by atoms with Crippen molar-refractivity contribution in [3.05, 3.63) is 55.1 Å². The first-order chi connectivity index (χ1) is 13.6. The molecule has 1 aromatic rings. The Labute approximate surface area is 165 Å². The van der Waals surface area contributed by atoms with Crippen molar-refractivity contribution in [3.63, 3.8) is 0 Å². The Bertz CT molecular complexity index is 655. The molecule has 1 aromatic carbocycles. The van der Waals surface area contributed by atoms with Crippen molar-refractivity contribution in [2.45, 2.75) is 25.7 Å². The number of benzene rings is 1. The SMILES string of the molecule is C=CC(=O)NCCCCOC(=O)c1ccc(OCCCCNC(=O)C=C)cc1. The summed E-state index contributed by atoms with van der Waals surface area (Å²) in [6, 6.07) is 6.76. The van der Waals surface area contributed by atoms with Gasteiger partial charge in [0.15, 0.2) is 0 Å². The van der Waals surface area contributed by atoms with Gasteiger partial charge in [0.05, 0.1) is 18.8 Å². The van der Waals surface area contributed by atoms with Crippen LogP contribution < -0.4 is 15.4 Å². The zero-order valence-corrected chi connectivity index (χ0v) is 16.1. The lowest BCUT2D eigenvalue weighted by Gasteiger charge is -2.08. The highest BCUT2D eigenvalue weighted by Gasteiger charge is 2.07. The maximum atomic E-state index is 12.0. The van der Waals surface area contributed by atoms with E-state index >= 15 is 0 Å². The van der Waals surface area contributed by atoms with Gasteiger partial charge in [0.2, 0.25) is 11.8 Å². The summed E-state index contributed by atoms with van der Waals surface area (Å²) in [6.07, 6.45) is 5.45. The molecule has 1 rings (SSSR count). The van der Waals surface area contributed by atoms with Crippen LogP contribution in [0.1, 0.15) is 36.0 Å². The van der Waals surface area contributed by atoms with E-state index < -0.39 is 0 Å². The largest absolute Gasteiger partial charge is 0.494 e. The zero-order chi connectivity index (χ0) is 20.6. The van der Waals surface area contributed by atoms with E-state index in [1.165, 1.54) is 12.2 Å². The molecule has 0 saturated heterocycles. The van der Waals surface area contributed by atoms with Gasteiger partial charge in [0, 0.05) is 13.1 Å². The summed E-state index contributed by atoms with van der Waals surface area (Å²) in [6.45, 7) is 8.68. The monoisotopic (exact) mass is 388 g/mol. The molecule has 0 saturated carbocycles. The van der Waals surface area contributed by atoms with Gasteiger partial charge in [-0.25, -0.2) is 4.79 Å². The minimum atomic E-state index is -0.389. The lowest BCUT2D eigenvalue weighted by Crippen LogP contribution is -2.22. The smallest absolute Gasteiger partial charge is 0.338 e. The molecule has 152 valence electrons. The molecule has 7 nitrogen and oxygen atoms in total. The number of unbranched alkanes of at least 4 members (excludes halogenated alkanes) is 2. The lowest BCUT2D eigenvalue weighted by molar-refractivity contribution is -0.117. The second kappa shape index (κ2) is 14.0. The fourth-order valence-electron chi connectivity index (χ4n) is 2.15. The maximum absolute atomic E-state index is 12.0. The van der Waals surface area contributed by atoms with Crippen LogP contribution in [-0.4, -0.2) is 44.1 Å². The number of carbonyl (C=O) groups excluding carboxylic acids is 3. The highest BCUT2D eigenvalue weighted by molar-refractivity contribution is 5.89. The van der Waals surface area contributed by atoms with E-state index in [-0.39, 0.29) is 17.8 Å². The molecule has 0 fully saturated rings. The Balaban J connectivity index is 2.16. The van der Waals surface area contributed by atoms with Crippen LogP contribution in [0.2, 0.25) is 0 Å². The Morgan fingerprint density at radius 3 is 1.89 bits per heavy atom. The number of ether oxygens (including phenoxy) is 2. The molecule has 0 aliphatic rings. The third-order valence-corrected chi connectivity index (χ3v) is 3.70. The molecule has 0 aliphatic carbocycles. The highest BCUT2D eigenvalue weighted by Crippen LogP contribution is 2.13. The number of hydrogen-bond acceptors (Lipinski definition) is 5. The summed E-state index contributed by atoms with van der Waals surface area (Å²) in [7, 11) is 0. The van der Waals surface area contributed by atoms with Gasteiger partial charge in [-0.2, -0.15) is 0 Å². The number of carbonyl (C=O) groups is 3. The Kier molecular flexibility index (Phi) is 11.5. The van der Waals surface area contributed by atoms with Gasteiger partial charge in [-0.05, 0) is 62.1 Å². The van der Waals surface area contributed by atoms with E-state index in [1.807, 2.05) is 0 Å². The van der Waals surface area contributed by atoms with Crippen LogP contribution in [0.25, 0.3) is 0 Å². The topological polar surface area (TPSA) is 93.7 Å². The molecule has 7 heteroatoms. The van der Waals surface area contributed by atoms with E-state index in [4.69, 9.17) is 9.47 Å². The average Bonchev–Trinajstić information content (AvgIpc) is 2.72. The molecule has 0 aliphatic heterocycles. The Hall–Kier alpha value is -3.09. The minimum absolute atomic E-state index is 0.178. The van der Waals surface area contributed by atoms with Gasteiger partial charge in [0.1, 0.15) is 5.75 Å². The van der Waals surface area contributed by atoms with Crippen LogP contribution >= 0.6 is 0 Å². The first-order valence-electron chi connectivity index (χ1n) is 9.27. The van der Waals surface area contributed by atoms with Crippen LogP contribution in [0.3, 0.4) is 0 Å². The number of amides is 2. The number of nitrogens with one attached hydrogen (secondary N) is 2. The van der Waals surface area contributed by atoms with Crippen LogP contribution in [0.15, 0.2) is 49.6 Å². The van der Waals surface area contributed by atoms with Crippen LogP contribution in [-0.2, 0) is 14.3 Å². The zero-order valence-electron chi connectivity index (χ0n) is 16.1. The van der Waals surface area contributed by atoms with Gasteiger partial charge in [-0.3, -0.25) is 9.59 Å². The van der Waals surface area contributed by atoms with Gasteiger partial charge < -0.3 is 20.1 Å². The molecule has 0 spiro atoms. The first kappa shape index (κ1) is 23.0.